The quantitative estimate of drug-likeness (QED) is 0.633. The summed E-state index contributed by atoms with van der Waals surface area (Å²) in [6, 6.07) is 9.88. The van der Waals surface area contributed by atoms with Crippen molar-refractivity contribution in [2.45, 2.75) is 32.4 Å². The minimum absolute atomic E-state index is 0.147. The van der Waals surface area contributed by atoms with Gasteiger partial charge < -0.3 is 15.0 Å². The summed E-state index contributed by atoms with van der Waals surface area (Å²) in [5.41, 5.74) is 3.74. The second-order valence-electron chi connectivity index (χ2n) is 7.75. The van der Waals surface area contributed by atoms with E-state index in [-0.39, 0.29) is 18.0 Å². The Morgan fingerprint density at radius 1 is 1.16 bits per heavy atom. The van der Waals surface area contributed by atoms with Crippen LogP contribution in [0.15, 0.2) is 55.4 Å². The zero-order valence-electron chi connectivity index (χ0n) is 17.9. The molecule has 1 N–H and O–H groups in total. The Kier molecular flexibility index (Phi) is 6.57. The van der Waals surface area contributed by atoms with Gasteiger partial charge in [0.25, 0.3) is 5.91 Å². The smallest absolute Gasteiger partial charge is 0.253 e. The van der Waals surface area contributed by atoms with E-state index in [2.05, 4.69) is 63.4 Å². The highest BCUT2D eigenvalue weighted by atomic mass is 16.5. The Balaban J connectivity index is 1.56. The van der Waals surface area contributed by atoms with Crippen molar-refractivity contribution in [3.8, 4) is 0 Å². The number of carbonyl (C=O) groups is 1. The lowest BCUT2D eigenvalue weighted by Crippen LogP contribution is -2.42. The number of benzene rings is 1. The van der Waals surface area contributed by atoms with Gasteiger partial charge >= 0.3 is 0 Å². The highest BCUT2D eigenvalue weighted by Gasteiger charge is 2.27. The van der Waals surface area contributed by atoms with Gasteiger partial charge in [-0.1, -0.05) is 36.8 Å². The number of ether oxygens (including phenoxy) is 1. The van der Waals surface area contributed by atoms with Crippen LogP contribution in [0.1, 0.15) is 40.9 Å². The predicted octanol–water partition coefficient (Wildman–Crippen LogP) is 2.62. The number of rotatable bonds is 7. The molecule has 0 saturated carbocycles. The number of nitrogens with one attached hydrogen (secondary N) is 1. The Morgan fingerprint density at radius 2 is 1.94 bits per heavy atom. The lowest BCUT2D eigenvalue weighted by Gasteiger charge is -2.29. The van der Waals surface area contributed by atoms with E-state index in [9.17, 15) is 4.79 Å². The Morgan fingerprint density at radius 3 is 2.61 bits per heavy atom. The van der Waals surface area contributed by atoms with Crippen molar-refractivity contribution in [1.82, 2.24) is 25.1 Å². The molecule has 3 heterocycles. The van der Waals surface area contributed by atoms with Crippen molar-refractivity contribution in [3.63, 3.8) is 0 Å². The van der Waals surface area contributed by atoms with Crippen LogP contribution in [-0.4, -0.2) is 58.0 Å². The molecule has 1 aliphatic rings. The minimum Gasteiger partial charge on any atom is -0.378 e. The Bertz CT molecular complexity index is 984. The first kappa shape index (κ1) is 21.0. The Hall–Kier alpha value is -3.26. The number of hydrogen-bond donors (Lipinski definition) is 1. The standard InChI is InChI=1S/C23H28N6O2/c1-3-21(22(29-16-25-15-26-29)18-6-4-17(2)5-7-18)27-23(30)19-12-20(14-24-13-19)28-8-10-31-11-9-28/h4-7,12-16,21-22H,3,8-11H2,1-2H3,(H,27,30). The molecule has 1 amide bonds. The van der Waals surface area contributed by atoms with E-state index < -0.39 is 0 Å². The average Bonchev–Trinajstić information content (AvgIpc) is 3.35. The number of amides is 1. The first-order chi connectivity index (χ1) is 15.2. The molecule has 2 atom stereocenters. The molecule has 3 aromatic rings. The monoisotopic (exact) mass is 420 g/mol. The predicted molar refractivity (Wildman–Crippen MR) is 118 cm³/mol. The fourth-order valence-electron chi connectivity index (χ4n) is 3.90. The third-order valence-electron chi connectivity index (χ3n) is 5.64. The highest BCUT2D eigenvalue weighted by molar-refractivity contribution is 5.95. The molecule has 1 fully saturated rings. The Labute approximate surface area is 182 Å². The second kappa shape index (κ2) is 9.70. The summed E-state index contributed by atoms with van der Waals surface area (Å²) in [6.45, 7) is 7.08. The van der Waals surface area contributed by atoms with Gasteiger partial charge in [-0.25, -0.2) is 9.67 Å². The summed E-state index contributed by atoms with van der Waals surface area (Å²) in [5.74, 6) is -0.147. The van der Waals surface area contributed by atoms with Gasteiger partial charge in [0.15, 0.2) is 0 Å². The normalized spacial score (nSPS) is 16.0. The number of aromatic nitrogens is 4. The molecule has 8 nitrogen and oxygen atoms in total. The molecule has 1 aliphatic heterocycles. The van der Waals surface area contributed by atoms with Crippen molar-refractivity contribution < 1.29 is 9.53 Å². The lowest BCUT2D eigenvalue weighted by molar-refractivity contribution is 0.0924. The zero-order valence-corrected chi connectivity index (χ0v) is 17.9. The molecule has 1 saturated heterocycles. The third kappa shape index (κ3) is 4.91. The van der Waals surface area contributed by atoms with Crippen LogP contribution >= 0.6 is 0 Å². The largest absolute Gasteiger partial charge is 0.378 e. The summed E-state index contributed by atoms with van der Waals surface area (Å²) in [4.78, 5) is 23.8. The van der Waals surface area contributed by atoms with Crippen molar-refractivity contribution in [2.75, 3.05) is 31.2 Å². The van der Waals surface area contributed by atoms with Gasteiger partial charge in [-0.2, -0.15) is 5.10 Å². The van der Waals surface area contributed by atoms with Gasteiger partial charge in [0.05, 0.1) is 42.7 Å². The van der Waals surface area contributed by atoms with E-state index in [1.165, 1.54) is 11.9 Å². The van der Waals surface area contributed by atoms with E-state index in [1.54, 1.807) is 18.7 Å². The van der Waals surface area contributed by atoms with Crippen LogP contribution < -0.4 is 10.2 Å². The summed E-state index contributed by atoms with van der Waals surface area (Å²) in [7, 11) is 0. The van der Waals surface area contributed by atoms with E-state index >= 15 is 0 Å². The molecule has 31 heavy (non-hydrogen) atoms. The maximum Gasteiger partial charge on any atom is 0.253 e. The summed E-state index contributed by atoms with van der Waals surface area (Å²) in [6.07, 6.45) is 7.36. The number of hydrogen-bond acceptors (Lipinski definition) is 6. The number of nitrogens with zero attached hydrogens (tertiary/aromatic N) is 5. The summed E-state index contributed by atoms with van der Waals surface area (Å²) in [5, 5.41) is 7.57. The van der Waals surface area contributed by atoms with E-state index in [4.69, 9.17) is 4.74 Å². The second-order valence-corrected chi connectivity index (χ2v) is 7.75. The van der Waals surface area contributed by atoms with Crippen LogP contribution in [0, 0.1) is 6.92 Å². The number of anilines is 1. The molecule has 0 aliphatic carbocycles. The van der Waals surface area contributed by atoms with Gasteiger partial charge in [0.1, 0.15) is 12.7 Å². The fourth-order valence-corrected chi connectivity index (χ4v) is 3.90. The summed E-state index contributed by atoms with van der Waals surface area (Å²) >= 11 is 0. The van der Waals surface area contributed by atoms with E-state index in [1.807, 2.05) is 10.7 Å². The minimum atomic E-state index is -0.163. The SMILES string of the molecule is CCC(NC(=O)c1cncc(N2CCOCC2)c1)C(c1ccc(C)cc1)n1cncn1. The van der Waals surface area contributed by atoms with Gasteiger partial charge in [-0.3, -0.25) is 9.78 Å². The van der Waals surface area contributed by atoms with Crippen LogP contribution in [-0.2, 0) is 4.74 Å². The zero-order chi connectivity index (χ0) is 21.6. The molecule has 0 bridgehead atoms. The number of morpholine rings is 1. The number of pyridine rings is 1. The van der Waals surface area contributed by atoms with Crippen LogP contribution in [0.25, 0.3) is 0 Å². The van der Waals surface area contributed by atoms with Crippen molar-refractivity contribution in [1.29, 1.82) is 0 Å². The highest BCUT2D eigenvalue weighted by Crippen LogP contribution is 2.24. The van der Waals surface area contributed by atoms with Crippen LogP contribution in [0.5, 0.6) is 0 Å². The fraction of sp³-hybridized carbons (Fsp3) is 0.391. The molecule has 2 aromatic heterocycles. The molecular formula is C23H28N6O2. The van der Waals surface area contributed by atoms with Crippen molar-refractivity contribution in [3.05, 3.63) is 72.1 Å². The maximum absolute atomic E-state index is 13.2. The summed E-state index contributed by atoms with van der Waals surface area (Å²) < 4.78 is 7.23. The lowest BCUT2D eigenvalue weighted by atomic mass is 9.96. The van der Waals surface area contributed by atoms with Gasteiger partial charge in [0, 0.05) is 19.3 Å². The van der Waals surface area contributed by atoms with E-state index in [0.717, 1.165) is 30.8 Å². The number of aryl methyl sites for hydroxylation is 1. The van der Waals surface area contributed by atoms with Crippen LogP contribution in [0.4, 0.5) is 5.69 Å². The average molecular weight is 421 g/mol. The van der Waals surface area contributed by atoms with Crippen LogP contribution in [0.3, 0.4) is 0 Å². The van der Waals surface area contributed by atoms with Crippen molar-refractivity contribution >= 4 is 11.6 Å². The molecule has 2 unspecified atom stereocenters. The molecule has 8 heteroatoms. The first-order valence-corrected chi connectivity index (χ1v) is 10.6. The van der Waals surface area contributed by atoms with E-state index in [0.29, 0.717) is 18.8 Å². The molecular weight excluding hydrogens is 392 g/mol. The molecule has 1 aromatic carbocycles. The molecule has 162 valence electrons. The van der Waals surface area contributed by atoms with Gasteiger partial charge in [0.2, 0.25) is 0 Å². The molecule has 0 radical (unpaired) electrons. The van der Waals surface area contributed by atoms with Gasteiger partial charge in [-0.05, 0) is 25.0 Å². The molecule has 4 rings (SSSR count). The third-order valence-corrected chi connectivity index (χ3v) is 5.64. The molecule has 0 spiro atoms. The number of carbonyl (C=O) groups excluding carboxylic acids is 1. The first-order valence-electron chi connectivity index (χ1n) is 10.6. The maximum atomic E-state index is 13.2. The van der Waals surface area contributed by atoms with Crippen molar-refractivity contribution in [2.24, 2.45) is 0 Å². The van der Waals surface area contributed by atoms with Gasteiger partial charge in [-0.15, -0.1) is 0 Å². The topological polar surface area (TPSA) is 85.2 Å². The van der Waals surface area contributed by atoms with Crippen LogP contribution in [0.2, 0.25) is 0 Å².